The molecular weight excluding hydrogens is 254 g/mol. The van der Waals surface area contributed by atoms with Crippen LogP contribution in [0.1, 0.15) is 21.5 Å². The summed E-state index contributed by atoms with van der Waals surface area (Å²) < 4.78 is 0. The van der Waals surface area contributed by atoms with Crippen LogP contribution in [0.15, 0.2) is 48.5 Å². The number of aliphatic carboxylic acids is 1. The summed E-state index contributed by atoms with van der Waals surface area (Å²) in [7, 11) is 0. The van der Waals surface area contributed by atoms with Crippen LogP contribution in [0, 0.1) is 6.92 Å². The van der Waals surface area contributed by atoms with Gasteiger partial charge in [0.15, 0.2) is 0 Å². The van der Waals surface area contributed by atoms with E-state index in [-0.39, 0.29) is 12.3 Å². The van der Waals surface area contributed by atoms with E-state index in [2.05, 4.69) is 5.32 Å². The molecule has 2 rings (SSSR count). The van der Waals surface area contributed by atoms with Gasteiger partial charge in [-0.15, -0.1) is 0 Å². The molecule has 0 aliphatic carbocycles. The number of aryl methyl sites for hydroxylation is 1. The molecule has 4 heteroatoms. The zero-order valence-corrected chi connectivity index (χ0v) is 11.1. The van der Waals surface area contributed by atoms with Crippen LogP contribution in [-0.4, -0.2) is 17.0 Å². The summed E-state index contributed by atoms with van der Waals surface area (Å²) in [5.41, 5.74) is 2.66. The lowest BCUT2D eigenvalue weighted by Crippen LogP contribution is -2.14. The molecule has 0 aromatic heterocycles. The van der Waals surface area contributed by atoms with Crippen molar-refractivity contribution in [3.05, 3.63) is 65.2 Å². The molecule has 0 spiro atoms. The van der Waals surface area contributed by atoms with Crippen LogP contribution in [0.5, 0.6) is 0 Å². The molecule has 1 amide bonds. The minimum atomic E-state index is -0.928. The molecular formula is C16H15NO3. The third-order valence-electron chi connectivity index (χ3n) is 2.89. The lowest BCUT2D eigenvalue weighted by Gasteiger charge is -2.10. The van der Waals surface area contributed by atoms with Crippen molar-refractivity contribution in [2.45, 2.75) is 13.3 Å². The number of para-hydroxylation sites is 1. The second-order valence-corrected chi connectivity index (χ2v) is 4.55. The Morgan fingerprint density at radius 1 is 1.10 bits per heavy atom. The number of rotatable bonds is 4. The molecule has 2 aromatic carbocycles. The van der Waals surface area contributed by atoms with Gasteiger partial charge in [-0.1, -0.05) is 35.9 Å². The van der Waals surface area contributed by atoms with E-state index in [1.807, 2.05) is 19.1 Å². The number of anilines is 1. The number of carboxylic acid groups (broad SMARTS) is 1. The lowest BCUT2D eigenvalue weighted by molar-refractivity contribution is -0.136. The first-order chi connectivity index (χ1) is 9.56. The van der Waals surface area contributed by atoms with Crippen LogP contribution < -0.4 is 5.32 Å². The minimum absolute atomic E-state index is 0.121. The Labute approximate surface area is 117 Å². The quantitative estimate of drug-likeness (QED) is 0.896. The molecule has 0 saturated carbocycles. The number of hydrogen-bond donors (Lipinski definition) is 2. The summed E-state index contributed by atoms with van der Waals surface area (Å²) in [5, 5.41) is 11.6. The van der Waals surface area contributed by atoms with E-state index >= 15 is 0 Å². The molecule has 0 bridgehead atoms. The van der Waals surface area contributed by atoms with Crippen molar-refractivity contribution in [1.29, 1.82) is 0 Å². The number of carbonyl (C=O) groups is 2. The number of carboxylic acids is 1. The van der Waals surface area contributed by atoms with Crippen molar-refractivity contribution in [2.75, 3.05) is 5.32 Å². The van der Waals surface area contributed by atoms with Crippen molar-refractivity contribution in [3.8, 4) is 0 Å². The predicted octanol–water partition coefficient (Wildman–Crippen LogP) is 2.87. The molecule has 4 nitrogen and oxygen atoms in total. The number of benzene rings is 2. The average molecular weight is 269 g/mol. The van der Waals surface area contributed by atoms with Gasteiger partial charge in [-0.25, -0.2) is 0 Å². The fraction of sp³-hybridized carbons (Fsp3) is 0.125. The maximum absolute atomic E-state index is 12.1. The summed E-state index contributed by atoms with van der Waals surface area (Å²) in [6.07, 6.45) is -0.121. The summed E-state index contributed by atoms with van der Waals surface area (Å²) in [6.45, 7) is 1.91. The highest BCUT2D eigenvalue weighted by atomic mass is 16.4. The van der Waals surface area contributed by atoms with Gasteiger partial charge in [0.2, 0.25) is 0 Å². The highest BCUT2D eigenvalue weighted by molar-refractivity contribution is 6.04. The topological polar surface area (TPSA) is 66.4 Å². The van der Waals surface area contributed by atoms with Crippen molar-refractivity contribution < 1.29 is 14.7 Å². The van der Waals surface area contributed by atoms with Crippen LogP contribution in [0.4, 0.5) is 5.69 Å². The van der Waals surface area contributed by atoms with Crippen LogP contribution in [0.3, 0.4) is 0 Å². The Morgan fingerprint density at radius 2 is 1.85 bits per heavy atom. The first-order valence-corrected chi connectivity index (χ1v) is 6.24. The minimum Gasteiger partial charge on any atom is -0.481 e. The van der Waals surface area contributed by atoms with Crippen molar-refractivity contribution >= 4 is 17.6 Å². The lowest BCUT2D eigenvalue weighted by atomic mass is 10.1. The Bertz CT molecular complexity index is 650. The molecule has 2 aromatic rings. The molecule has 0 unspecified atom stereocenters. The van der Waals surface area contributed by atoms with Gasteiger partial charge in [0.1, 0.15) is 0 Å². The van der Waals surface area contributed by atoms with Gasteiger partial charge in [0.05, 0.1) is 6.42 Å². The number of nitrogens with one attached hydrogen (secondary N) is 1. The third kappa shape index (κ3) is 3.45. The van der Waals surface area contributed by atoms with Gasteiger partial charge < -0.3 is 10.4 Å². The summed E-state index contributed by atoms with van der Waals surface area (Å²) in [6, 6.07) is 14.1. The average Bonchev–Trinajstić information content (AvgIpc) is 2.40. The molecule has 0 atom stereocenters. The third-order valence-corrected chi connectivity index (χ3v) is 2.89. The van der Waals surface area contributed by atoms with Crippen LogP contribution in [-0.2, 0) is 11.2 Å². The second kappa shape index (κ2) is 6.02. The standard InChI is InChI=1S/C16H15NO3/c1-11-5-4-7-13(9-11)16(20)17-14-8-3-2-6-12(14)10-15(18)19/h2-9H,10H2,1H3,(H,17,20)(H,18,19). The SMILES string of the molecule is Cc1cccc(C(=O)Nc2ccccc2CC(=O)O)c1. The number of amides is 1. The molecule has 0 radical (unpaired) electrons. The fourth-order valence-corrected chi connectivity index (χ4v) is 1.94. The molecule has 0 aliphatic heterocycles. The van der Waals surface area contributed by atoms with Crippen LogP contribution >= 0.6 is 0 Å². The Hall–Kier alpha value is -2.62. The maximum atomic E-state index is 12.1. The van der Waals surface area contributed by atoms with Crippen molar-refractivity contribution in [2.24, 2.45) is 0 Å². The largest absolute Gasteiger partial charge is 0.481 e. The summed E-state index contributed by atoms with van der Waals surface area (Å²) in [5.74, 6) is -1.17. The highest BCUT2D eigenvalue weighted by Gasteiger charge is 2.10. The number of hydrogen-bond acceptors (Lipinski definition) is 2. The van der Waals surface area contributed by atoms with E-state index in [9.17, 15) is 9.59 Å². The highest BCUT2D eigenvalue weighted by Crippen LogP contribution is 2.17. The van der Waals surface area contributed by atoms with E-state index in [1.54, 1.807) is 36.4 Å². The molecule has 0 fully saturated rings. The smallest absolute Gasteiger partial charge is 0.307 e. The van der Waals surface area contributed by atoms with Gasteiger partial charge in [0, 0.05) is 11.3 Å². The van der Waals surface area contributed by atoms with Gasteiger partial charge in [-0.3, -0.25) is 9.59 Å². The maximum Gasteiger partial charge on any atom is 0.307 e. The zero-order valence-electron chi connectivity index (χ0n) is 11.1. The van der Waals surface area contributed by atoms with Gasteiger partial charge in [0.25, 0.3) is 5.91 Å². The molecule has 0 saturated heterocycles. The van der Waals surface area contributed by atoms with Gasteiger partial charge >= 0.3 is 5.97 Å². The molecule has 0 aliphatic rings. The first-order valence-electron chi connectivity index (χ1n) is 6.24. The van der Waals surface area contributed by atoms with E-state index in [0.29, 0.717) is 16.8 Å². The van der Waals surface area contributed by atoms with E-state index in [4.69, 9.17) is 5.11 Å². The molecule has 20 heavy (non-hydrogen) atoms. The Kier molecular flexibility index (Phi) is 4.15. The predicted molar refractivity (Wildman–Crippen MR) is 76.9 cm³/mol. The summed E-state index contributed by atoms with van der Waals surface area (Å²) >= 11 is 0. The van der Waals surface area contributed by atoms with Crippen molar-refractivity contribution in [3.63, 3.8) is 0 Å². The molecule has 2 N–H and O–H groups in total. The van der Waals surface area contributed by atoms with E-state index in [0.717, 1.165) is 5.56 Å². The van der Waals surface area contributed by atoms with Gasteiger partial charge in [-0.05, 0) is 30.7 Å². The Morgan fingerprint density at radius 3 is 2.55 bits per heavy atom. The van der Waals surface area contributed by atoms with E-state index in [1.165, 1.54) is 0 Å². The Balaban J connectivity index is 2.21. The second-order valence-electron chi connectivity index (χ2n) is 4.55. The molecule has 0 heterocycles. The zero-order chi connectivity index (χ0) is 14.5. The molecule has 102 valence electrons. The van der Waals surface area contributed by atoms with Crippen LogP contribution in [0.25, 0.3) is 0 Å². The van der Waals surface area contributed by atoms with Crippen LogP contribution in [0.2, 0.25) is 0 Å². The normalized spacial score (nSPS) is 10.1. The van der Waals surface area contributed by atoms with Crippen molar-refractivity contribution in [1.82, 2.24) is 0 Å². The fourth-order valence-electron chi connectivity index (χ4n) is 1.94. The first kappa shape index (κ1) is 13.8. The van der Waals surface area contributed by atoms with E-state index < -0.39 is 5.97 Å². The van der Waals surface area contributed by atoms with Gasteiger partial charge in [-0.2, -0.15) is 0 Å². The summed E-state index contributed by atoms with van der Waals surface area (Å²) in [4.78, 5) is 23.0. The monoisotopic (exact) mass is 269 g/mol. The number of carbonyl (C=O) groups excluding carboxylic acids is 1.